The van der Waals surface area contributed by atoms with Gasteiger partial charge in [-0.1, -0.05) is 17.4 Å². The molecular formula is C23H16F4N4OS. The van der Waals surface area contributed by atoms with Crippen LogP contribution in [0.15, 0.2) is 48.7 Å². The van der Waals surface area contributed by atoms with Crippen molar-refractivity contribution in [3.63, 3.8) is 0 Å². The Kier molecular flexibility index (Phi) is 5.04. The smallest absolute Gasteiger partial charge is 0.375 e. The second kappa shape index (κ2) is 7.80. The van der Waals surface area contributed by atoms with Gasteiger partial charge in [-0.3, -0.25) is 9.78 Å². The minimum Gasteiger partial charge on any atom is -0.375 e. The Morgan fingerprint density at radius 3 is 2.70 bits per heavy atom. The highest BCUT2D eigenvalue weighted by Gasteiger charge is 2.32. The van der Waals surface area contributed by atoms with E-state index in [2.05, 4.69) is 9.97 Å². The number of amides is 1. The van der Waals surface area contributed by atoms with Crippen molar-refractivity contribution in [2.45, 2.75) is 19.1 Å². The zero-order chi connectivity index (χ0) is 23.3. The van der Waals surface area contributed by atoms with Gasteiger partial charge in [-0.05, 0) is 42.0 Å². The first kappa shape index (κ1) is 21.3. The number of nitrogens with two attached hydrogens (primary N) is 1. The summed E-state index contributed by atoms with van der Waals surface area (Å²) in [5, 5.41) is 0.457. The van der Waals surface area contributed by atoms with Gasteiger partial charge in [-0.2, -0.15) is 13.2 Å². The van der Waals surface area contributed by atoms with E-state index in [9.17, 15) is 22.4 Å². The van der Waals surface area contributed by atoms with E-state index in [-0.39, 0.29) is 18.7 Å². The van der Waals surface area contributed by atoms with Crippen LogP contribution in [0.1, 0.15) is 27.2 Å². The average molecular weight is 472 g/mol. The Bertz CT molecular complexity index is 1400. The number of carbonyl (C=O) groups is 1. The van der Waals surface area contributed by atoms with Gasteiger partial charge in [0.1, 0.15) is 5.82 Å². The fourth-order valence-electron chi connectivity index (χ4n) is 3.90. The Morgan fingerprint density at radius 2 is 1.91 bits per heavy atom. The molecule has 168 valence electrons. The van der Waals surface area contributed by atoms with Crippen molar-refractivity contribution in [3.05, 3.63) is 76.9 Å². The minimum absolute atomic E-state index is 0.182. The molecule has 0 aliphatic carbocycles. The van der Waals surface area contributed by atoms with E-state index < -0.39 is 23.5 Å². The maximum absolute atomic E-state index is 14.2. The fraction of sp³-hybridized carbons (Fsp3) is 0.174. The SMILES string of the molecule is Nc1nc2ccc(-c3cnc4c(c3)C(=O)N(Cc3cc(C(F)(F)F)ccc3F)CC4)cc2s1. The second-order valence-electron chi connectivity index (χ2n) is 7.73. The van der Waals surface area contributed by atoms with E-state index in [1.54, 1.807) is 12.3 Å². The first-order valence-corrected chi connectivity index (χ1v) is 10.8. The van der Waals surface area contributed by atoms with E-state index in [0.29, 0.717) is 34.4 Å². The summed E-state index contributed by atoms with van der Waals surface area (Å²) in [4.78, 5) is 23.1. The van der Waals surface area contributed by atoms with Crippen molar-refractivity contribution in [2.75, 3.05) is 12.3 Å². The summed E-state index contributed by atoms with van der Waals surface area (Å²) in [6, 6.07) is 9.54. The molecule has 0 fully saturated rings. The number of thiazole rings is 1. The number of hydrogen-bond donors (Lipinski definition) is 1. The van der Waals surface area contributed by atoms with Crippen molar-refractivity contribution in [3.8, 4) is 11.1 Å². The number of anilines is 1. The molecular weight excluding hydrogens is 456 g/mol. The summed E-state index contributed by atoms with van der Waals surface area (Å²) in [6.07, 6.45) is -2.49. The third kappa shape index (κ3) is 4.02. The second-order valence-corrected chi connectivity index (χ2v) is 8.80. The largest absolute Gasteiger partial charge is 0.416 e. The van der Waals surface area contributed by atoms with Gasteiger partial charge in [0.15, 0.2) is 5.13 Å². The molecule has 0 saturated heterocycles. The van der Waals surface area contributed by atoms with Gasteiger partial charge in [0.05, 0.1) is 27.0 Å². The third-order valence-corrected chi connectivity index (χ3v) is 6.43. The highest BCUT2D eigenvalue weighted by atomic mass is 32.1. The average Bonchev–Trinajstić information content (AvgIpc) is 3.15. The van der Waals surface area contributed by atoms with Gasteiger partial charge in [0, 0.05) is 36.8 Å². The number of pyridine rings is 1. The molecule has 2 aromatic heterocycles. The molecule has 0 unspecified atom stereocenters. The molecule has 1 amide bonds. The lowest BCUT2D eigenvalue weighted by molar-refractivity contribution is -0.137. The van der Waals surface area contributed by atoms with Crippen LogP contribution in [0.5, 0.6) is 0 Å². The first-order valence-electron chi connectivity index (χ1n) is 9.99. The highest BCUT2D eigenvalue weighted by molar-refractivity contribution is 7.22. The van der Waals surface area contributed by atoms with Crippen LogP contribution in [0.25, 0.3) is 21.3 Å². The summed E-state index contributed by atoms with van der Waals surface area (Å²) in [6.45, 7) is -0.0235. The molecule has 0 bridgehead atoms. The summed E-state index contributed by atoms with van der Waals surface area (Å²) < 4.78 is 54.2. The number of rotatable bonds is 3. The number of alkyl halides is 3. The molecule has 5 rings (SSSR count). The van der Waals surface area contributed by atoms with Crippen LogP contribution in [-0.4, -0.2) is 27.3 Å². The molecule has 0 spiro atoms. The molecule has 2 N–H and O–H groups in total. The zero-order valence-corrected chi connectivity index (χ0v) is 17.8. The molecule has 0 atom stereocenters. The Hall–Kier alpha value is -3.53. The molecule has 1 aliphatic heterocycles. The van der Waals surface area contributed by atoms with Crippen molar-refractivity contribution < 1.29 is 22.4 Å². The number of fused-ring (bicyclic) bond motifs is 2. The number of halogens is 4. The lowest BCUT2D eigenvalue weighted by Crippen LogP contribution is -2.37. The third-order valence-electron chi connectivity index (χ3n) is 5.58. The lowest BCUT2D eigenvalue weighted by atomic mass is 9.99. The Balaban J connectivity index is 1.45. The van der Waals surface area contributed by atoms with Crippen LogP contribution in [0.2, 0.25) is 0 Å². The van der Waals surface area contributed by atoms with Crippen molar-refractivity contribution in [1.29, 1.82) is 0 Å². The van der Waals surface area contributed by atoms with Crippen LogP contribution in [-0.2, 0) is 19.1 Å². The standard InChI is InChI=1S/C23H16F4N4OS/c24-17-3-2-15(23(25,26)27)7-14(17)11-31-6-5-18-16(21(31)32)8-13(10-29-18)12-1-4-19-20(9-12)33-22(28)30-19/h1-4,7-10H,5-6,11H2,(H2,28,30). The quantitative estimate of drug-likeness (QED) is 0.411. The molecule has 10 heteroatoms. The van der Waals surface area contributed by atoms with E-state index in [4.69, 9.17) is 5.73 Å². The molecule has 0 radical (unpaired) electrons. The van der Waals surface area contributed by atoms with Crippen LogP contribution in [0.3, 0.4) is 0 Å². The monoisotopic (exact) mass is 472 g/mol. The number of carbonyl (C=O) groups excluding carboxylic acids is 1. The molecule has 3 heterocycles. The topological polar surface area (TPSA) is 72.1 Å². The van der Waals surface area contributed by atoms with Crippen LogP contribution in [0.4, 0.5) is 22.7 Å². The van der Waals surface area contributed by atoms with Gasteiger partial charge >= 0.3 is 6.18 Å². The molecule has 2 aromatic carbocycles. The molecule has 1 aliphatic rings. The molecule has 33 heavy (non-hydrogen) atoms. The molecule has 5 nitrogen and oxygen atoms in total. The fourth-order valence-corrected chi connectivity index (χ4v) is 4.67. The lowest BCUT2D eigenvalue weighted by Gasteiger charge is -2.28. The summed E-state index contributed by atoms with van der Waals surface area (Å²) in [5.74, 6) is -1.18. The van der Waals surface area contributed by atoms with E-state index >= 15 is 0 Å². The van der Waals surface area contributed by atoms with Gasteiger partial charge in [0.25, 0.3) is 5.91 Å². The van der Waals surface area contributed by atoms with Crippen molar-refractivity contribution in [2.24, 2.45) is 0 Å². The van der Waals surface area contributed by atoms with Crippen LogP contribution in [0, 0.1) is 5.82 Å². The van der Waals surface area contributed by atoms with Crippen molar-refractivity contribution >= 4 is 32.6 Å². The van der Waals surface area contributed by atoms with E-state index in [1.807, 2.05) is 18.2 Å². The summed E-state index contributed by atoms with van der Waals surface area (Å²) in [7, 11) is 0. The summed E-state index contributed by atoms with van der Waals surface area (Å²) in [5.41, 5.74) is 7.91. The summed E-state index contributed by atoms with van der Waals surface area (Å²) >= 11 is 1.35. The van der Waals surface area contributed by atoms with Crippen molar-refractivity contribution in [1.82, 2.24) is 14.9 Å². The molecule has 0 saturated carbocycles. The predicted molar refractivity (Wildman–Crippen MR) is 117 cm³/mol. The number of nitrogens with zero attached hydrogens (tertiary/aromatic N) is 3. The maximum Gasteiger partial charge on any atom is 0.416 e. The highest BCUT2D eigenvalue weighted by Crippen LogP contribution is 2.33. The normalized spacial score (nSPS) is 14.1. The van der Waals surface area contributed by atoms with Crippen LogP contribution < -0.4 is 5.73 Å². The van der Waals surface area contributed by atoms with E-state index in [1.165, 1.54) is 16.2 Å². The maximum atomic E-state index is 14.2. The minimum atomic E-state index is -4.59. The number of aromatic nitrogens is 2. The number of hydrogen-bond acceptors (Lipinski definition) is 5. The van der Waals surface area contributed by atoms with Crippen LogP contribution >= 0.6 is 11.3 Å². The number of benzene rings is 2. The van der Waals surface area contributed by atoms with Gasteiger partial charge in [-0.25, -0.2) is 9.37 Å². The van der Waals surface area contributed by atoms with E-state index in [0.717, 1.165) is 27.9 Å². The Labute approximate surface area is 189 Å². The zero-order valence-electron chi connectivity index (χ0n) is 17.0. The predicted octanol–water partition coefficient (Wildman–Crippen LogP) is 5.30. The van der Waals surface area contributed by atoms with Gasteiger partial charge in [-0.15, -0.1) is 0 Å². The molecule has 4 aromatic rings. The number of nitrogen functional groups attached to an aromatic ring is 1. The first-order chi connectivity index (χ1) is 15.7. The van der Waals surface area contributed by atoms with Gasteiger partial charge < -0.3 is 10.6 Å². The van der Waals surface area contributed by atoms with Gasteiger partial charge in [0.2, 0.25) is 0 Å². The Morgan fingerprint density at radius 1 is 1.09 bits per heavy atom.